The summed E-state index contributed by atoms with van der Waals surface area (Å²) in [7, 11) is 0. The second-order valence-electron chi connectivity index (χ2n) is 4.73. The number of amides is 2. The van der Waals surface area contributed by atoms with Gasteiger partial charge in [0, 0.05) is 19.3 Å². The van der Waals surface area contributed by atoms with E-state index >= 15 is 0 Å². The molecule has 0 fully saturated rings. The molecule has 0 aliphatic carbocycles. The lowest BCUT2D eigenvalue weighted by molar-refractivity contribution is 0.0924. The smallest absolute Gasteiger partial charge is 0.254 e. The summed E-state index contributed by atoms with van der Waals surface area (Å²) in [4.78, 5) is 31.7. The number of halogens is 1. The standard InChI is InChI=1S/C16H17FN4O2/c1-2-14-12(9-18-10-21-14)16(23)20-8-7-19-15(22)11-5-3-4-6-13(11)17/h3-6,9-10H,2,7-8H2,1H3,(H,19,22)(H,20,23). The predicted octanol–water partition coefficient (Wildman–Crippen LogP) is 1.34. The Labute approximate surface area is 133 Å². The molecule has 0 saturated carbocycles. The third-order valence-corrected chi connectivity index (χ3v) is 3.19. The number of aromatic nitrogens is 2. The molecule has 1 aromatic carbocycles. The first kappa shape index (κ1) is 16.5. The summed E-state index contributed by atoms with van der Waals surface area (Å²) in [6.45, 7) is 2.30. The van der Waals surface area contributed by atoms with E-state index in [0.717, 1.165) is 0 Å². The Bertz CT molecular complexity index is 706. The minimum atomic E-state index is -0.581. The van der Waals surface area contributed by atoms with Crippen LogP contribution in [-0.4, -0.2) is 34.9 Å². The van der Waals surface area contributed by atoms with Gasteiger partial charge in [0.25, 0.3) is 11.8 Å². The SMILES string of the molecule is CCc1ncncc1C(=O)NCCNC(=O)c1ccccc1F. The maximum atomic E-state index is 13.4. The van der Waals surface area contributed by atoms with E-state index in [1.165, 1.54) is 30.7 Å². The number of aryl methyl sites for hydroxylation is 1. The van der Waals surface area contributed by atoms with Crippen LogP contribution in [0.15, 0.2) is 36.8 Å². The van der Waals surface area contributed by atoms with Gasteiger partial charge in [0.05, 0.1) is 16.8 Å². The van der Waals surface area contributed by atoms with Crippen molar-refractivity contribution in [3.63, 3.8) is 0 Å². The molecule has 0 radical (unpaired) electrons. The molecule has 2 amide bonds. The van der Waals surface area contributed by atoms with Crippen LogP contribution in [0.1, 0.15) is 33.3 Å². The maximum absolute atomic E-state index is 13.4. The predicted molar refractivity (Wildman–Crippen MR) is 82.5 cm³/mol. The molecule has 120 valence electrons. The van der Waals surface area contributed by atoms with Crippen LogP contribution in [0.4, 0.5) is 4.39 Å². The van der Waals surface area contributed by atoms with Crippen LogP contribution in [0.5, 0.6) is 0 Å². The molecule has 7 heteroatoms. The third-order valence-electron chi connectivity index (χ3n) is 3.19. The van der Waals surface area contributed by atoms with Crippen LogP contribution in [0.25, 0.3) is 0 Å². The Morgan fingerprint density at radius 2 is 1.74 bits per heavy atom. The van der Waals surface area contributed by atoms with Gasteiger partial charge in [0.15, 0.2) is 0 Å². The first-order chi connectivity index (χ1) is 11.1. The van der Waals surface area contributed by atoms with Crippen LogP contribution in [0.2, 0.25) is 0 Å². The summed E-state index contributed by atoms with van der Waals surface area (Å²) in [6, 6.07) is 5.72. The lowest BCUT2D eigenvalue weighted by atomic mass is 10.2. The molecule has 0 spiro atoms. The van der Waals surface area contributed by atoms with Gasteiger partial charge in [0.1, 0.15) is 12.1 Å². The molecule has 0 atom stereocenters. The van der Waals surface area contributed by atoms with Crippen LogP contribution in [-0.2, 0) is 6.42 Å². The van der Waals surface area contributed by atoms with Gasteiger partial charge in [0.2, 0.25) is 0 Å². The van der Waals surface area contributed by atoms with Crippen molar-refractivity contribution in [2.45, 2.75) is 13.3 Å². The van der Waals surface area contributed by atoms with E-state index in [9.17, 15) is 14.0 Å². The number of carbonyl (C=O) groups excluding carboxylic acids is 2. The number of hydrogen-bond donors (Lipinski definition) is 2. The van der Waals surface area contributed by atoms with Gasteiger partial charge >= 0.3 is 0 Å². The maximum Gasteiger partial charge on any atom is 0.254 e. The molecule has 0 bridgehead atoms. The van der Waals surface area contributed by atoms with Crippen LogP contribution < -0.4 is 10.6 Å². The molecule has 6 nitrogen and oxygen atoms in total. The highest BCUT2D eigenvalue weighted by Gasteiger charge is 2.12. The number of nitrogens with one attached hydrogen (secondary N) is 2. The normalized spacial score (nSPS) is 10.2. The fourth-order valence-corrected chi connectivity index (χ4v) is 2.01. The number of benzene rings is 1. The number of carbonyl (C=O) groups is 2. The molecule has 2 aromatic rings. The van der Waals surface area contributed by atoms with Crippen LogP contribution >= 0.6 is 0 Å². The average molecular weight is 316 g/mol. The molecule has 23 heavy (non-hydrogen) atoms. The van der Waals surface area contributed by atoms with Crippen molar-refractivity contribution in [2.24, 2.45) is 0 Å². The van der Waals surface area contributed by atoms with E-state index in [-0.39, 0.29) is 24.6 Å². The van der Waals surface area contributed by atoms with Gasteiger partial charge in [-0.25, -0.2) is 14.4 Å². The van der Waals surface area contributed by atoms with Crippen molar-refractivity contribution < 1.29 is 14.0 Å². The molecular formula is C16H17FN4O2. The quantitative estimate of drug-likeness (QED) is 0.788. The Kier molecular flexibility index (Phi) is 5.74. The molecule has 0 aliphatic heterocycles. The Hall–Kier alpha value is -2.83. The van der Waals surface area contributed by atoms with Gasteiger partial charge in [-0.3, -0.25) is 9.59 Å². The molecule has 0 saturated heterocycles. The van der Waals surface area contributed by atoms with Gasteiger partial charge in [-0.1, -0.05) is 19.1 Å². The summed E-state index contributed by atoms with van der Waals surface area (Å²) in [5.41, 5.74) is 1.05. The number of hydrogen-bond acceptors (Lipinski definition) is 4. The topological polar surface area (TPSA) is 84.0 Å². The summed E-state index contributed by atoms with van der Waals surface area (Å²) in [5, 5.41) is 5.22. The van der Waals surface area contributed by atoms with Crippen LogP contribution in [0.3, 0.4) is 0 Å². The fourth-order valence-electron chi connectivity index (χ4n) is 2.01. The molecule has 1 aromatic heterocycles. The molecular weight excluding hydrogens is 299 g/mol. The molecule has 2 N–H and O–H groups in total. The van der Waals surface area contributed by atoms with E-state index in [1.807, 2.05) is 6.92 Å². The summed E-state index contributed by atoms with van der Waals surface area (Å²) in [5.74, 6) is -1.40. The van der Waals surface area contributed by atoms with Gasteiger partial charge < -0.3 is 10.6 Å². The highest BCUT2D eigenvalue weighted by Crippen LogP contribution is 2.06. The average Bonchev–Trinajstić information content (AvgIpc) is 2.58. The zero-order chi connectivity index (χ0) is 16.7. The highest BCUT2D eigenvalue weighted by atomic mass is 19.1. The second kappa shape index (κ2) is 7.98. The zero-order valence-electron chi connectivity index (χ0n) is 12.7. The van der Waals surface area contributed by atoms with Crippen molar-refractivity contribution in [3.05, 3.63) is 59.4 Å². The lowest BCUT2D eigenvalue weighted by Crippen LogP contribution is -2.35. The monoisotopic (exact) mass is 316 g/mol. The molecule has 0 unspecified atom stereocenters. The minimum Gasteiger partial charge on any atom is -0.350 e. The van der Waals surface area contributed by atoms with E-state index < -0.39 is 11.7 Å². The highest BCUT2D eigenvalue weighted by molar-refractivity contribution is 5.95. The fraction of sp³-hybridized carbons (Fsp3) is 0.250. The first-order valence-corrected chi connectivity index (χ1v) is 7.23. The van der Waals surface area contributed by atoms with E-state index in [1.54, 1.807) is 6.07 Å². The molecule has 0 aliphatic rings. The largest absolute Gasteiger partial charge is 0.350 e. The van der Waals surface area contributed by atoms with Crippen molar-refractivity contribution in [1.82, 2.24) is 20.6 Å². The Balaban J connectivity index is 1.82. The first-order valence-electron chi connectivity index (χ1n) is 7.23. The molecule has 2 rings (SSSR count). The van der Waals surface area contributed by atoms with E-state index in [2.05, 4.69) is 20.6 Å². The number of nitrogens with zero attached hydrogens (tertiary/aromatic N) is 2. The zero-order valence-corrected chi connectivity index (χ0v) is 12.7. The van der Waals surface area contributed by atoms with Gasteiger partial charge in [-0.15, -0.1) is 0 Å². The number of rotatable bonds is 6. The van der Waals surface area contributed by atoms with E-state index in [4.69, 9.17) is 0 Å². The van der Waals surface area contributed by atoms with Gasteiger partial charge in [-0.2, -0.15) is 0 Å². The van der Waals surface area contributed by atoms with Gasteiger partial charge in [-0.05, 0) is 18.6 Å². The third kappa shape index (κ3) is 4.32. The Morgan fingerprint density at radius 3 is 2.39 bits per heavy atom. The van der Waals surface area contributed by atoms with Crippen molar-refractivity contribution >= 4 is 11.8 Å². The van der Waals surface area contributed by atoms with Crippen molar-refractivity contribution in [1.29, 1.82) is 0 Å². The minimum absolute atomic E-state index is 0.0245. The lowest BCUT2D eigenvalue weighted by Gasteiger charge is -2.09. The summed E-state index contributed by atoms with van der Waals surface area (Å²) < 4.78 is 13.4. The van der Waals surface area contributed by atoms with E-state index in [0.29, 0.717) is 17.7 Å². The summed E-state index contributed by atoms with van der Waals surface area (Å²) in [6.07, 6.45) is 3.47. The van der Waals surface area contributed by atoms with Crippen molar-refractivity contribution in [2.75, 3.05) is 13.1 Å². The second-order valence-corrected chi connectivity index (χ2v) is 4.73. The summed E-state index contributed by atoms with van der Waals surface area (Å²) >= 11 is 0. The Morgan fingerprint density at radius 1 is 1.09 bits per heavy atom. The van der Waals surface area contributed by atoms with Crippen LogP contribution in [0, 0.1) is 5.82 Å². The molecule has 1 heterocycles. The van der Waals surface area contributed by atoms with Crippen molar-refractivity contribution in [3.8, 4) is 0 Å².